The quantitative estimate of drug-likeness (QED) is 0.265. The van der Waals surface area contributed by atoms with E-state index in [0.717, 1.165) is 56.7 Å². The molecule has 0 spiro atoms. The minimum absolute atomic E-state index is 0.432. The van der Waals surface area contributed by atoms with E-state index >= 15 is 0 Å². The van der Waals surface area contributed by atoms with Crippen LogP contribution in [-0.4, -0.2) is 74.7 Å². The van der Waals surface area contributed by atoms with Crippen molar-refractivity contribution in [1.29, 1.82) is 0 Å². The predicted octanol–water partition coefficient (Wildman–Crippen LogP) is 3.28. The van der Waals surface area contributed by atoms with Crippen LogP contribution >= 0.6 is 0 Å². The highest BCUT2D eigenvalue weighted by molar-refractivity contribution is 5.76. The second-order valence-corrected chi connectivity index (χ2v) is 9.07. The molecule has 0 radical (unpaired) electrons. The number of anilines is 2. The summed E-state index contributed by atoms with van der Waals surface area (Å²) in [5, 5.41) is 16.1. The Kier molecular flexibility index (Phi) is 10.00. The lowest BCUT2D eigenvalue weighted by molar-refractivity contribution is -0.138. The number of carboxylic acid groups (broad SMARTS) is 1. The third-order valence-electron chi connectivity index (χ3n) is 6.34. The Morgan fingerprint density at radius 2 is 2.05 bits per heavy atom. The van der Waals surface area contributed by atoms with Crippen molar-refractivity contribution >= 4 is 17.6 Å². The lowest BCUT2D eigenvalue weighted by Gasteiger charge is -2.24. The van der Waals surface area contributed by atoms with E-state index < -0.39 is 12.0 Å². The van der Waals surface area contributed by atoms with Crippen LogP contribution in [0, 0.1) is 0 Å². The van der Waals surface area contributed by atoms with Gasteiger partial charge in [0.25, 0.3) is 0 Å². The fourth-order valence-electron chi connectivity index (χ4n) is 4.32. The third kappa shape index (κ3) is 8.68. The first kappa shape index (κ1) is 26.3. The molecular formula is C27H35N7O3. The fraction of sp³-hybridized carbons (Fsp3) is 0.444. The number of aliphatic carboxylic acids is 1. The van der Waals surface area contributed by atoms with Crippen LogP contribution in [0.5, 0.6) is 5.88 Å². The first-order valence-electron chi connectivity index (χ1n) is 12.9. The number of aromatic nitrogens is 4. The molecule has 3 aromatic heterocycles. The van der Waals surface area contributed by atoms with Gasteiger partial charge in [-0.2, -0.15) is 0 Å². The molecule has 3 aromatic rings. The number of aryl methyl sites for hydroxylation is 2. The summed E-state index contributed by atoms with van der Waals surface area (Å²) < 4.78 is 5.80. The van der Waals surface area contributed by atoms with E-state index in [4.69, 9.17) is 9.72 Å². The molecule has 1 atom stereocenters. The van der Waals surface area contributed by atoms with Gasteiger partial charge in [-0.25, -0.2) is 24.7 Å². The van der Waals surface area contributed by atoms with Crippen LogP contribution in [0.25, 0.3) is 0 Å². The number of hydrogen-bond acceptors (Lipinski definition) is 9. The second-order valence-electron chi connectivity index (χ2n) is 9.07. The molecule has 196 valence electrons. The molecule has 0 saturated carbocycles. The maximum absolute atomic E-state index is 11.9. The van der Waals surface area contributed by atoms with Crippen LogP contribution < -0.4 is 15.4 Å². The zero-order chi connectivity index (χ0) is 25.7. The third-order valence-corrected chi connectivity index (χ3v) is 6.34. The van der Waals surface area contributed by atoms with Gasteiger partial charge in [0.15, 0.2) is 0 Å². The van der Waals surface area contributed by atoms with Crippen molar-refractivity contribution in [1.82, 2.24) is 24.8 Å². The molecule has 0 aromatic carbocycles. The molecule has 1 unspecified atom stereocenters. The number of hydrogen-bond donors (Lipinski definition) is 3. The van der Waals surface area contributed by atoms with E-state index in [-0.39, 0.29) is 0 Å². The van der Waals surface area contributed by atoms with Gasteiger partial charge in [0.2, 0.25) is 5.88 Å². The highest BCUT2D eigenvalue weighted by Crippen LogP contribution is 2.20. The van der Waals surface area contributed by atoms with E-state index in [1.165, 1.54) is 11.9 Å². The molecule has 37 heavy (non-hydrogen) atoms. The number of nitrogens with one attached hydrogen (secondary N) is 2. The molecule has 1 aliphatic heterocycles. The second kappa shape index (κ2) is 14.1. The normalized spacial score (nSPS) is 13.4. The Morgan fingerprint density at radius 3 is 2.86 bits per heavy atom. The number of carbonyl (C=O) groups is 1. The van der Waals surface area contributed by atoms with Crippen molar-refractivity contribution in [2.45, 2.75) is 44.6 Å². The molecular weight excluding hydrogens is 470 g/mol. The summed E-state index contributed by atoms with van der Waals surface area (Å²) in [6.07, 6.45) is 10.3. The summed E-state index contributed by atoms with van der Waals surface area (Å²) in [6, 6.07) is 10.8. The summed E-state index contributed by atoms with van der Waals surface area (Å²) in [7, 11) is 0. The monoisotopic (exact) mass is 505 g/mol. The number of ether oxygens (including phenoxy) is 1. The maximum atomic E-state index is 11.9. The molecule has 3 N–H and O–H groups in total. The smallest absolute Gasteiger partial charge is 0.326 e. The van der Waals surface area contributed by atoms with Crippen molar-refractivity contribution in [3.8, 4) is 5.88 Å². The van der Waals surface area contributed by atoms with Gasteiger partial charge < -0.3 is 20.5 Å². The van der Waals surface area contributed by atoms with Crippen LogP contribution in [0.15, 0.2) is 55.1 Å². The van der Waals surface area contributed by atoms with E-state index in [0.29, 0.717) is 37.8 Å². The van der Waals surface area contributed by atoms with Gasteiger partial charge in [-0.15, -0.1) is 0 Å². The van der Waals surface area contributed by atoms with Gasteiger partial charge in [0.05, 0.1) is 0 Å². The van der Waals surface area contributed by atoms with Crippen LogP contribution in [0.3, 0.4) is 0 Å². The fourth-order valence-corrected chi connectivity index (χ4v) is 4.32. The number of carboxylic acids is 1. The van der Waals surface area contributed by atoms with Crippen molar-refractivity contribution in [2.75, 3.05) is 43.4 Å². The van der Waals surface area contributed by atoms with Crippen LogP contribution in [0.2, 0.25) is 0 Å². The SMILES string of the molecule is O=C(O)C(CCN(CCCCc1ccc2c(n1)NCCC2)CCOc1ccccn1)Nc1ccncn1. The summed E-state index contributed by atoms with van der Waals surface area (Å²) in [4.78, 5) is 31.1. The molecule has 10 nitrogen and oxygen atoms in total. The predicted molar refractivity (Wildman–Crippen MR) is 142 cm³/mol. The average molecular weight is 506 g/mol. The van der Waals surface area contributed by atoms with Crippen LogP contribution in [0.4, 0.5) is 11.6 Å². The van der Waals surface area contributed by atoms with Gasteiger partial charge in [-0.3, -0.25) is 4.90 Å². The Morgan fingerprint density at radius 1 is 1.11 bits per heavy atom. The number of unbranched alkanes of at least 4 members (excludes halogenated alkanes) is 1. The lowest BCUT2D eigenvalue weighted by atomic mass is 10.1. The topological polar surface area (TPSA) is 125 Å². The Hall–Kier alpha value is -3.79. The Labute approximate surface area is 217 Å². The largest absolute Gasteiger partial charge is 0.480 e. The summed E-state index contributed by atoms with van der Waals surface area (Å²) >= 11 is 0. The molecule has 0 aliphatic carbocycles. The number of fused-ring (bicyclic) bond motifs is 1. The summed E-state index contributed by atoms with van der Waals surface area (Å²) in [6.45, 7) is 3.60. The first-order chi connectivity index (χ1) is 18.2. The van der Waals surface area contributed by atoms with Crippen molar-refractivity contribution < 1.29 is 14.6 Å². The molecule has 4 heterocycles. The molecule has 10 heteroatoms. The molecule has 1 aliphatic rings. The maximum Gasteiger partial charge on any atom is 0.326 e. The summed E-state index contributed by atoms with van der Waals surface area (Å²) in [5.74, 6) is 1.21. The summed E-state index contributed by atoms with van der Waals surface area (Å²) in [5.41, 5.74) is 2.41. The van der Waals surface area contributed by atoms with Crippen LogP contribution in [-0.2, 0) is 17.6 Å². The Balaban J connectivity index is 1.28. The molecule has 0 amide bonds. The van der Waals surface area contributed by atoms with Crippen molar-refractivity contribution in [3.05, 3.63) is 66.4 Å². The van der Waals surface area contributed by atoms with E-state index in [2.05, 4.69) is 42.6 Å². The first-order valence-corrected chi connectivity index (χ1v) is 12.9. The number of pyridine rings is 2. The van der Waals surface area contributed by atoms with E-state index in [9.17, 15) is 9.90 Å². The zero-order valence-electron chi connectivity index (χ0n) is 21.1. The van der Waals surface area contributed by atoms with Crippen molar-refractivity contribution in [3.63, 3.8) is 0 Å². The number of nitrogens with zero attached hydrogens (tertiary/aromatic N) is 5. The standard InChI is InChI=1S/C27H35N7O3/c35-27(36)23(33-24-11-15-28-20-31-24)12-17-34(18-19-37-25-8-1-3-13-29-25)16-4-2-7-22-10-9-21-6-5-14-30-26(21)32-22/h1,3,8-11,13,15,20,23H,2,4-7,12,14,16-19H2,(H,30,32)(H,35,36)(H,28,31,33). The molecule has 0 bridgehead atoms. The minimum Gasteiger partial charge on any atom is -0.480 e. The van der Waals surface area contributed by atoms with Crippen molar-refractivity contribution in [2.24, 2.45) is 0 Å². The minimum atomic E-state index is -0.907. The van der Waals surface area contributed by atoms with E-state index in [1.54, 1.807) is 18.5 Å². The van der Waals surface area contributed by atoms with Gasteiger partial charge in [-0.05, 0) is 68.8 Å². The lowest BCUT2D eigenvalue weighted by Crippen LogP contribution is -2.37. The average Bonchev–Trinajstić information content (AvgIpc) is 2.93. The van der Waals surface area contributed by atoms with Gasteiger partial charge >= 0.3 is 5.97 Å². The molecule has 0 fully saturated rings. The van der Waals surface area contributed by atoms with Crippen LogP contribution in [0.1, 0.15) is 36.9 Å². The van der Waals surface area contributed by atoms with Gasteiger partial charge in [0.1, 0.15) is 30.6 Å². The highest BCUT2D eigenvalue weighted by Gasteiger charge is 2.19. The molecule has 0 saturated heterocycles. The number of rotatable bonds is 15. The molecule has 4 rings (SSSR count). The zero-order valence-corrected chi connectivity index (χ0v) is 21.1. The highest BCUT2D eigenvalue weighted by atomic mass is 16.5. The van der Waals surface area contributed by atoms with E-state index in [1.807, 2.05) is 18.2 Å². The van der Waals surface area contributed by atoms with Gasteiger partial charge in [-0.1, -0.05) is 12.1 Å². The Bertz CT molecular complexity index is 1100. The van der Waals surface area contributed by atoms with Gasteiger partial charge in [0, 0.05) is 43.8 Å².